The van der Waals surface area contributed by atoms with E-state index in [1.54, 1.807) is 0 Å². The predicted octanol–water partition coefficient (Wildman–Crippen LogP) is 3.30. The molecule has 2 aliphatic rings. The molecule has 0 atom stereocenters. The Morgan fingerprint density at radius 1 is 1.24 bits per heavy atom. The Balaban J connectivity index is 1.68. The lowest BCUT2D eigenvalue weighted by Gasteiger charge is -2.18. The van der Waals surface area contributed by atoms with Crippen molar-refractivity contribution in [2.24, 2.45) is 0 Å². The van der Waals surface area contributed by atoms with Gasteiger partial charge in [-0.3, -0.25) is 0 Å². The lowest BCUT2D eigenvalue weighted by Crippen LogP contribution is -2.18. The Morgan fingerprint density at radius 2 is 2.00 bits per heavy atom. The average molecular weight is 295 g/mol. The second kappa shape index (κ2) is 4.99. The summed E-state index contributed by atoms with van der Waals surface area (Å²) >= 11 is 3.70. The van der Waals surface area contributed by atoms with E-state index in [1.165, 1.54) is 54.5 Å². The molecule has 2 nitrogen and oxygen atoms in total. The van der Waals surface area contributed by atoms with E-state index < -0.39 is 0 Å². The van der Waals surface area contributed by atoms with E-state index in [4.69, 9.17) is 0 Å². The number of hydrogen-bond donors (Lipinski definition) is 1. The molecule has 1 aromatic rings. The summed E-state index contributed by atoms with van der Waals surface area (Å²) in [7, 11) is 0. The van der Waals surface area contributed by atoms with E-state index in [0.29, 0.717) is 0 Å². The largest absolute Gasteiger partial charge is 0.372 e. The number of rotatable bonds is 4. The zero-order valence-corrected chi connectivity index (χ0v) is 11.7. The first-order valence-corrected chi connectivity index (χ1v) is 7.39. The summed E-state index contributed by atoms with van der Waals surface area (Å²) in [6.07, 6.45) is 5.37. The molecule has 3 rings (SSSR count). The van der Waals surface area contributed by atoms with Crippen LogP contribution < -0.4 is 10.2 Å². The summed E-state index contributed by atoms with van der Waals surface area (Å²) in [6, 6.07) is 7.57. The third-order valence-corrected chi connectivity index (χ3v) is 4.40. The van der Waals surface area contributed by atoms with Crippen LogP contribution in [0.2, 0.25) is 0 Å². The Kier molecular flexibility index (Phi) is 3.39. The first-order valence-electron chi connectivity index (χ1n) is 6.60. The zero-order valence-electron chi connectivity index (χ0n) is 10.1. The Bertz CT molecular complexity index is 395. The van der Waals surface area contributed by atoms with Gasteiger partial charge in [-0.2, -0.15) is 0 Å². The molecule has 0 amide bonds. The van der Waals surface area contributed by atoms with E-state index >= 15 is 0 Å². The highest BCUT2D eigenvalue weighted by Crippen LogP contribution is 2.27. The molecule has 92 valence electrons. The van der Waals surface area contributed by atoms with Crippen LogP contribution in [-0.2, 0) is 6.54 Å². The van der Waals surface area contributed by atoms with Gasteiger partial charge in [-0.15, -0.1) is 0 Å². The summed E-state index contributed by atoms with van der Waals surface area (Å²) < 4.78 is 1.25. The van der Waals surface area contributed by atoms with Gasteiger partial charge in [0.15, 0.2) is 0 Å². The monoisotopic (exact) mass is 294 g/mol. The molecule has 1 heterocycles. The number of halogens is 1. The SMILES string of the molecule is Brc1cc(N2CCCC2)ccc1CNC1CC1. The fourth-order valence-corrected chi connectivity index (χ4v) is 2.90. The first-order chi connectivity index (χ1) is 8.33. The molecule has 1 saturated heterocycles. The third kappa shape index (κ3) is 2.83. The van der Waals surface area contributed by atoms with Gasteiger partial charge < -0.3 is 10.2 Å². The van der Waals surface area contributed by atoms with Crippen molar-refractivity contribution in [3.8, 4) is 0 Å². The summed E-state index contributed by atoms with van der Waals surface area (Å²) in [5.41, 5.74) is 2.74. The van der Waals surface area contributed by atoms with E-state index in [-0.39, 0.29) is 0 Å². The van der Waals surface area contributed by atoms with Crippen LogP contribution in [0.15, 0.2) is 22.7 Å². The van der Waals surface area contributed by atoms with Crippen molar-refractivity contribution in [2.45, 2.75) is 38.3 Å². The van der Waals surface area contributed by atoms with Crippen LogP contribution in [0, 0.1) is 0 Å². The number of nitrogens with one attached hydrogen (secondary N) is 1. The molecule has 2 fully saturated rings. The molecule has 1 N–H and O–H groups in total. The minimum atomic E-state index is 0.778. The Labute approximate surface area is 112 Å². The molecule has 1 saturated carbocycles. The van der Waals surface area contributed by atoms with Crippen LogP contribution in [-0.4, -0.2) is 19.1 Å². The van der Waals surface area contributed by atoms with Crippen molar-refractivity contribution in [1.29, 1.82) is 0 Å². The molecule has 0 spiro atoms. The Morgan fingerprint density at radius 3 is 2.65 bits per heavy atom. The highest BCUT2D eigenvalue weighted by Gasteiger charge is 2.20. The van der Waals surface area contributed by atoms with Crippen LogP contribution >= 0.6 is 15.9 Å². The molecule has 1 aliphatic heterocycles. The maximum atomic E-state index is 3.70. The first kappa shape index (κ1) is 11.5. The molecule has 17 heavy (non-hydrogen) atoms. The van der Waals surface area contributed by atoms with E-state index in [9.17, 15) is 0 Å². The number of benzene rings is 1. The molecular formula is C14H19BrN2. The van der Waals surface area contributed by atoms with Gasteiger partial charge in [0.2, 0.25) is 0 Å². The van der Waals surface area contributed by atoms with Crippen molar-refractivity contribution >= 4 is 21.6 Å². The lowest BCUT2D eigenvalue weighted by atomic mass is 10.2. The zero-order chi connectivity index (χ0) is 11.7. The van der Waals surface area contributed by atoms with Crippen LogP contribution in [0.25, 0.3) is 0 Å². The summed E-state index contributed by atoms with van der Waals surface area (Å²) in [4.78, 5) is 2.48. The van der Waals surface area contributed by atoms with Crippen LogP contribution in [0.1, 0.15) is 31.2 Å². The minimum Gasteiger partial charge on any atom is -0.372 e. The van der Waals surface area contributed by atoms with Gasteiger partial charge in [-0.25, -0.2) is 0 Å². The predicted molar refractivity (Wildman–Crippen MR) is 75.5 cm³/mol. The van der Waals surface area contributed by atoms with E-state index in [0.717, 1.165) is 12.6 Å². The maximum absolute atomic E-state index is 3.70. The normalized spacial score (nSPS) is 19.9. The quantitative estimate of drug-likeness (QED) is 0.917. The van der Waals surface area contributed by atoms with Crippen molar-refractivity contribution in [3.05, 3.63) is 28.2 Å². The summed E-state index contributed by atoms with van der Waals surface area (Å²) in [5.74, 6) is 0. The van der Waals surface area contributed by atoms with Crippen molar-refractivity contribution < 1.29 is 0 Å². The standard InChI is InChI=1S/C14H19BrN2/c15-14-9-13(17-7-1-2-8-17)6-3-11(14)10-16-12-4-5-12/h3,6,9,12,16H,1-2,4-5,7-8,10H2. The van der Waals surface area contributed by atoms with Gasteiger partial charge in [0.25, 0.3) is 0 Å². The molecule has 1 aliphatic carbocycles. The van der Waals surface area contributed by atoms with E-state index in [1.807, 2.05) is 0 Å². The highest BCUT2D eigenvalue weighted by molar-refractivity contribution is 9.10. The topological polar surface area (TPSA) is 15.3 Å². The lowest BCUT2D eigenvalue weighted by molar-refractivity contribution is 0.686. The van der Waals surface area contributed by atoms with Crippen LogP contribution in [0.4, 0.5) is 5.69 Å². The highest BCUT2D eigenvalue weighted by atomic mass is 79.9. The number of anilines is 1. The molecular weight excluding hydrogens is 276 g/mol. The smallest absolute Gasteiger partial charge is 0.0377 e. The van der Waals surface area contributed by atoms with Gasteiger partial charge in [-0.05, 0) is 43.4 Å². The minimum absolute atomic E-state index is 0.778. The van der Waals surface area contributed by atoms with Gasteiger partial charge in [0.05, 0.1) is 0 Å². The average Bonchev–Trinajstić information content (AvgIpc) is 3.00. The molecule has 0 radical (unpaired) electrons. The van der Waals surface area contributed by atoms with E-state index in [2.05, 4.69) is 44.3 Å². The number of nitrogens with zero attached hydrogens (tertiary/aromatic N) is 1. The fourth-order valence-electron chi connectivity index (χ4n) is 2.39. The fraction of sp³-hybridized carbons (Fsp3) is 0.571. The van der Waals surface area contributed by atoms with Crippen LogP contribution in [0.3, 0.4) is 0 Å². The molecule has 0 unspecified atom stereocenters. The second-order valence-corrected chi connectivity index (χ2v) is 5.98. The number of hydrogen-bond acceptors (Lipinski definition) is 2. The molecule has 0 bridgehead atoms. The maximum Gasteiger partial charge on any atom is 0.0377 e. The third-order valence-electron chi connectivity index (χ3n) is 3.67. The Hall–Kier alpha value is -0.540. The summed E-state index contributed by atoms with van der Waals surface area (Å²) in [6.45, 7) is 3.42. The second-order valence-electron chi connectivity index (χ2n) is 5.13. The van der Waals surface area contributed by atoms with Crippen molar-refractivity contribution in [3.63, 3.8) is 0 Å². The van der Waals surface area contributed by atoms with Gasteiger partial charge in [0, 0.05) is 35.8 Å². The van der Waals surface area contributed by atoms with Gasteiger partial charge in [0.1, 0.15) is 0 Å². The molecule has 0 aromatic heterocycles. The van der Waals surface area contributed by atoms with Gasteiger partial charge >= 0.3 is 0 Å². The molecule has 1 aromatic carbocycles. The molecule has 3 heteroatoms. The van der Waals surface area contributed by atoms with Gasteiger partial charge in [-0.1, -0.05) is 22.0 Å². The summed E-state index contributed by atoms with van der Waals surface area (Å²) in [5, 5.41) is 3.56. The van der Waals surface area contributed by atoms with Crippen LogP contribution in [0.5, 0.6) is 0 Å². The van der Waals surface area contributed by atoms with Crippen molar-refractivity contribution in [2.75, 3.05) is 18.0 Å². The van der Waals surface area contributed by atoms with Crippen molar-refractivity contribution in [1.82, 2.24) is 5.32 Å².